The number of halogens is 1. The number of anilines is 1. The van der Waals surface area contributed by atoms with Crippen molar-refractivity contribution in [3.05, 3.63) is 70.3 Å². The van der Waals surface area contributed by atoms with Gasteiger partial charge in [-0.2, -0.15) is 5.10 Å². The number of benzene rings is 1. The minimum Gasteiger partial charge on any atom is -0.310 e. The average molecular weight is 413 g/mol. The second-order valence-corrected chi connectivity index (χ2v) is 8.59. The molecular formula is C22H25FN4OS. The lowest BCUT2D eigenvalue weighted by Crippen LogP contribution is -2.39. The summed E-state index contributed by atoms with van der Waals surface area (Å²) in [4.78, 5) is 15.9. The number of hydrogen-bond donors (Lipinski definition) is 1. The summed E-state index contributed by atoms with van der Waals surface area (Å²) in [5.74, 6) is 1.09. The van der Waals surface area contributed by atoms with Gasteiger partial charge in [0.1, 0.15) is 11.6 Å². The number of nitrogens with zero attached hydrogens (tertiary/aromatic N) is 3. The highest BCUT2D eigenvalue weighted by Crippen LogP contribution is 2.22. The largest absolute Gasteiger partial charge is 0.310 e. The average Bonchev–Trinajstić information content (AvgIpc) is 3.36. The lowest BCUT2D eigenvalue weighted by atomic mass is 9.90. The minimum atomic E-state index is -0.171. The maximum atomic E-state index is 13.4. The van der Waals surface area contributed by atoms with E-state index in [9.17, 15) is 9.18 Å². The van der Waals surface area contributed by atoms with Crippen LogP contribution in [0.5, 0.6) is 0 Å². The molecule has 0 radical (unpaired) electrons. The fraction of sp³-hybridized carbons (Fsp3) is 0.364. The van der Waals surface area contributed by atoms with E-state index in [4.69, 9.17) is 0 Å². The van der Waals surface area contributed by atoms with Gasteiger partial charge >= 0.3 is 0 Å². The second kappa shape index (κ2) is 9.33. The molecular weight excluding hydrogens is 387 g/mol. The molecule has 7 heteroatoms. The zero-order chi connectivity index (χ0) is 20.1. The van der Waals surface area contributed by atoms with Crippen molar-refractivity contribution in [2.24, 2.45) is 5.92 Å². The summed E-state index contributed by atoms with van der Waals surface area (Å²) in [6, 6.07) is 12.8. The number of aromatic nitrogens is 2. The Morgan fingerprint density at radius 1 is 1.21 bits per heavy atom. The molecule has 0 aliphatic carbocycles. The van der Waals surface area contributed by atoms with E-state index in [0.717, 1.165) is 43.7 Å². The van der Waals surface area contributed by atoms with Crippen LogP contribution in [-0.4, -0.2) is 40.2 Å². The molecule has 1 fully saturated rings. The van der Waals surface area contributed by atoms with E-state index in [2.05, 4.69) is 21.4 Å². The van der Waals surface area contributed by atoms with E-state index >= 15 is 0 Å². The number of nitrogens with one attached hydrogen (secondary N) is 1. The smallest absolute Gasteiger partial charge is 0.239 e. The molecule has 1 aliphatic heterocycles. The lowest BCUT2D eigenvalue weighted by Gasteiger charge is -2.31. The van der Waals surface area contributed by atoms with Gasteiger partial charge in [0.05, 0.1) is 19.3 Å². The topological polar surface area (TPSA) is 50.2 Å². The first-order chi connectivity index (χ1) is 14.2. The molecule has 1 aromatic carbocycles. The normalized spacial score (nSPS) is 15.5. The van der Waals surface area contributed by atoms with Gasteiger partial charge in [-0.3, -0.25) is 9.69 Å². The van der Waals surface area contributed by atoms with Crippen molar-refractivity contribution in [1.29, 1.82) is 0 Å². The van der Waals surface area contributed by atoms with E-state index in [1.165, 1.54) is 10.9 Å². The van der Waals surface area contributed by atoms with Gasteiger partial charge in [-0.15, -0.1) is 11.3 Å². The van der Waals surface area contributed by atoms with Crippen molar-refractivity contribution in [3.63, 3.8) is 0 Å². The number of carbonyl (C=O) groups is 1. The Hall–Kier alpha value is -2.51. The summed E-state index contributed by atoms with van der Waals surface area (Å²) in [6.45, 7) is 2.83. The predicted octanol–water partition coefficient (Wildman–Crippen LogP) is 4.03. The summed E-state index contributed by atoms with van der Waals surface area (Å²) in [5.41, 5.74) is 1.06. The Bertz CT molecular complexity index is 932. The molecule has 0 atom stereocenters. The van der Waals surface area contributed by atoms with Crippen LogP contribution in [0.4, 0.5) is 10.2 Å². The van der Waals surface area contributed by atoms with Crippen LogP contribution in [0.2, 0.25) is 0 Å². The Balaban J connectivity index is 1.24. The Morgan fingerprint density at radius 2 is 2.07 bits per heavy atom. The van der Waals surface area contributed by atoms with Crippen LogP contribution in [0.15, 0.2) is 54.0 Å². The number of amides is 1. The molecule has 0 spiro atoms. The first-order valence-electron chi connectivity index (χ1n) is 9.96. The Morgan fingerprint density at radius 3 is 2.83 bits per heavy atom. The van der Waals surface area contributed by atoms with Crippen LogP contribution in [0.25, 0.3) is 0 Å². The second-order valence-electron chi connectivity index (χ2n) is 7.56. The molecule has 1 aliphatic rings. The van der Waals surface area contributed by atoms with E-state index < -0.39 is 0 Å². The van der Waals surface area contributed by atoms with Gasteiger partial charge in [0, 0.05) is 10.9 Å². The summed E-state index contributed by atoms with van der Waals surface area (Å²) in [6.07, 6.45) is 4.67. The quantitative estimate of drug-likeness (QED) is 0.638. The van der Waals surface area contributed by atoms with Gasteiger partial charge in [0.25, 0.3) is 0 Å². The first kappa shape index (κ1) is 19.8. The monoisotopic (exact) mass is 412 g/mol. The van der Waals surface area contributed by atoms with Gasteiger partial charge in [0.2, 0.25) is 5.91 Å². The lowest BCUT2D eigenvalue weighted by molar-refractivity contribution is -0.117. The third-order valence-electron chi connectivity index (χ3n) is 5.36. The van der Waals surface area contributed by atoms with Gasteiger partial charge in [-0.05, 0) is 67.4 Å². The fourth-order valence-electron chi connectivity index (χ4n) is 3.85. The van der Waals surface area contributed by atoms with Crippen LogP contribution in [-0.2, 0) is 17.8 Å². The zero-order valence-corrected chi connectivity index (χ0v) is 17.1. The maximum Gasteiger partial charge on any atom is 0.239 e. The molecule has 1 saturated heterocycles. The van der Waals surface area contributed by atoms with Crippen molar-refractivity contribution in [3.8, 4) is 0 Å². The number of rotatable bonds is 7. The van der Waals surface area contributed by atoms with E-state index in [1.807, 2.05) is 28.3 Å². The van der Waals surface area contributed by atoms with E-state index in [0.29, 0.717) is 19.0 Å². The molecule has 0 unspecified atom stereocenters. The molecule has 3 aromatic rings. The van der Waals surface area contributed by atoms with Gasteiger partial charge in [0.15, 0.2) is 0 Å². The summed E-state index contributed by atoms with van der Waals surface area (Å²) in [5, 5.41) is 9.34. The number of thiophene rings is 1. The molecule has 3 heterocycles. The summed E-state index contributed by atoms with van der Waals surface area (Å²) >= 11 is 1.68. The molecule has 1 N–H and O–H groups in total. The van der Waals surface area contributed by atoms with Crippen molar-refractivity contribution >= 4 is 23.1 Å². The first-order valence-corrected chi connectivity index (χ1v) is 10.8. The number of likely N-dealkylation sites (tertiary alicyclic amines) is 1. The molecule has 2 aromatic heterocycles. The molecule has 0 saturated carbocycles. The molecule has 5 nitrogen and oxygen atoms in total. The highest BCUT2D eigenvalue weighted by molar-refractivity contribution is 7.09. The van der Waals surface area contributed by atoms with Crippen molar-refractivity contribution in [2.75, 3.05) is 25.0 Å². The minimum absolute atomic E-state index is 0.0125. The molecule has 4 rings (SSSR count). The summed E-state index contributed by atoms with van der Waals surface area (Å²) in [7, 11) is 0. The van der Waals surface area contributed by atoms with Crippen molar-refractivity contribution in [1.82, 2.24) is 14.7 Å². The van der Waals surface area contributed by atoms with Crippen molar-refractivity contribution < 1.29 is 9.18 Å². The maximum absolute atomic E-state index is 13.4. The van der Waals surface area contributed by atoms with Crippen LogP contribution < -0.4 is 5.32 Å². The number of piperidine rings is 1. The van der Waals surface area contributed by atoms with Crippen molar-refractivity contribution in [2.45, 2.75) is 25.8 Å². The zero-order valence-electron chi connectivity index (χ0n) is 16.3. The third-order valence-corrected chi connectivity index (χ3v) is 6.22. The van der Waals surface area contributed by atoms with Gasteiger partial charge < -0.3 is 5.32 Å². The molecule has 29 heavy (non-hydrogen) atoms. The van der Waals surface area contributed by atoms with E-state index in [1.54, 1.807) is 29.7 Å². The summed E-state index contributed by atoms with van der Waals surface area (Å²) < 4.78 is 15.2. The standard InChI is InChI=1S/C22H25FN4OS/c23-19-4-1-3-18(14-19)13-17-7-10-26(11-8-17)16-22(28)25-21-6-9-24-27(21)15-20-5-2-12-29-20/h1-6,9,12,14,17H,7-8,10-11,13,15-16H2,(H,25,28). The highest BCUT2D eigenvalue weighted by Gasteiger charge is 2.21. The highest BCUT2D eigenvalue weighted by atomic mass is 32.1. The molecule has 1 amide bonds. The van der Waals surface area contributed by atoms with Crippen LogP contribution in [0.1, 0.15) is 23.3 Å². The van der Waals surface area contributed by atoms with Crippen LogP contribution in [0, 0.1) is 11.7 Å². The molecule has 0 bridgehead atoms. The fourth-order valence-corrected chi connectivity index (χ4v) is 4.53. The Labute approximate surface area is 174 Å². The third kappa shape index (κ3) is 5.52. The Kier molecular flexibility index (Phi) is 6.36. The number of carbonyl (C=O) groups excluding carboxylic acids is 1. The molecule has 152 valence electrons. The SMILES string of the molecule is O=C(CN1CCC(Cc2cccc(F)c2)CC1)Nc1ccnn1Cc1cccs1. The van der Waals surface area contributed by atoms with Crippen LogP contribution in [0.3, 0.4) is 0 Å². The van der Waals surface area contributed by atoms with Gasteiger partial charge in [-0.1, -0.05) is 18.2 Å². The van der Waals surface area contributed by atoms with E-state index in [-0.39, 0.29) is 11.7 Å². The predicted molar refractivity (Wildman–Crippen MR) is 114 cm³/mol. The number of hydrogen-bond acceptors (Lipinski definition) is 4. The van der Waals surface area contributed by atoms with Crippen LogP contribution >= 0.6 is 11.3 Å². The van der Waals surface area contributed by atoms with Gasteiger partial charge in [-0.25, -0.2) is 9.07 Å².